The molecule has 0 saturated heterocycles. The molecule has 0 unspecified atom stereocenters. The van der Waals surface area contributed by atoms with Crippen LogP contribution >= 0.6 is 23.2 Å². The molecule has 0 heterocycles. The molecular formula is C13H10Cl2NO2S-. The van der Waals surface area contributed by atoms with E-state index in [9.17, 15) is 8.42 Å². The highest BCUT2D eigenvalue weighted by Crippen LogP contribution is 2.30. The van der Waals surface area contributed by atoms with E-state index in [1.54, 1.807) is 24.3 Å². The van der Waals surface area contributed by atoms with E-state index in [4.69, 9.17) is 23.2 Å². The number of benzene rings is 2. The normalized spacial score (nSPS) is 11.3. The maximum Gasteiger partial charge on any atom is 0.0980 e. The molecule has 100 valence electrons. The first-order valence-electron chi connectivity index (χ1n) is 5.40. The minimum Gasteiger partial charge on any atom is -0.576 e. The highest BCUT2D eigenvalue weighted by Gasteiger charge is 2.03. The zero-order chi connectivity index (χ0) is 13.9. The van der Waals surface area contributed by atoms with Crippen LogP contribution in [0.15, 0.2) is 48.5 Å². The lowest BCUT2D eigenvalue weighted by molar-refractivity contribution is 0.602. The molecule has 6 heteroatoms. The van der Waals surface area contributed by atoms with Gasteiger partial charge in [-0.05, 0) is 11.6 Å². The monoisotopic (exact) mass is 314 g/mol. The van der Waals surface area contributed by atoms with E-state index < -0.39 is 10.0 Å². The fourth-order valence-corrected chi connectivity index (χ4v) is 3.19. The molecule has 0 aliphatic heterocycles. The molecular weight excluding hydrogens is 305 g/mol. The van der Waals surface area contributed by atoms with Crippen LogP contribution in [-0.2, 0) is 15.8 Å². The van der Waals surface area contributed by atoms with Crippen LogP contribution in [0, 0.1) is 0 Å². The molecule has 0 radical (unpaired) electrons. The van der Waals surface area contributed by atoms with E-state index in [1.165, 1.54) is 18.2 Å². The molecule has 19 heavy (non-hydrogen) atoms. The van der Waals surface area contributed by atoms with Crippen LogP contribution in [0.4, 0.5) is 5.69 Å². The molecule has 2 aromatic carbocycles. The molecule has 2 rings (SSSR count). The van der Waals surface area contributed by atoms with Gasteiger partial charge in [0, 0.05) is 10.0 Å². The van der Waals surface area contributed by atoms with Gasteiger partial charge in [0.1, 0.15) is 0 Å². The SMILES string of the molecule is O=S(=O)(Cc1ccccc1)[N-]c1cc(Cl)cc(Cl)c1. The van der Waals surface area contributed by atoms with E-state index in [1.807, 2.05) is 6.07 Å². The van der Waals surface area contributed by atoms with E-state index in [0.717, 1.165) is 0 Å². The Morgan fingerprint density at radius 1 is 0.947 bits per heavy atom. The summed E-state index contributed by atoms with van der Waals surface area (Å²) in [6, 6.07) is 13.3. The van der Waals surface area contributed by atoms with Gasteiger partial charge < -0.3 is 4.72 Å². The molecule has 0 saturated carbocycles. The standard InChI is InChI=1S/C13H10Cl2NO2S/c14-11-6-12(15)8-13(7-11)16-19(17,18)9-10-4-2-1-3-5-10/h1-8H,9H2/q-1. The van der Waals surface area contributed by atoms with Crippen molar-refractivity contribution >= 4 is 38.9 Å². The number of hydrogen-bond acceptors (Lipinski definition) is 2. The molecule has 0 fully saturated rings. The van der Waals surface area contributed by atoms with Crippen molar-refractivity contribution in [3.8, 4) is 0 Å². The lowest BCUT2D eigenvalue weighted by atomic mass is 10.2. The third-order valence-electron chi connectivity index (χ3n) is 2.28. The number of rotatable bonds is 4. The molecule has 0 aromatic heterocycles. The highest BCUT2D eigenvalue weighted by molar-refractivity contribution is 7.93. The molecule has 3 nitrogen and oxygen atoms in total. The Morgan fingerprint density at radius 3 is 2.11 bits per heavy atom. The Morgan fingerprint density at radius 2 is 1.53 bits per heavy atom. The van der Waals surface area contributed by atoms with Gasteiger partial charge in [-0.15, -0.1) is 5.69 Å². The molecule has 0 spiro atoms. The molecule has 0 amide bonds. The molecule has 0 aliphatic carbocycles. The van der Waals surface area contributed by atoms with Gasteiger partial charge in [0.15, 0.2) is 0 Å². The van der Waals surface area contributed by atoms with Crippen molar-refractivity contribution in [2.75, 3.05) is 0 Å². The summed E-state index contributed by atoms with van der Waals surface area (Å²) in [4.78, 5) is 0. The van der Waals surface area contributed by atoms with Crippen LogP contribution < -0.4 is 0 Å². The predicted molar refractivity (Wildman–Crippen MR) is 78.5 cm³/mol. The fraction of sp³-hybridized carbons (Fsp3) is 0.0769. The summed E-state index contributed by atoms with van der Waals surface area (Å²) in [5.41, 5.74) is 0.910. The number of sulfonamides is 1. The molecule has 0 atom stereocenters. The smallest absolute Gasteiger partial charge is 0.0980 e. The largest absolute Gasteiger partial charge is 0.576 e. The highest BCUT2D eigenvalue weighted by atomic mass is 35.5. The van der Waals surface area contributed by atoms with Gasteiger partial charge in [-0.3, -0.25) is 0 Å². The van der Waals surface area contributed by atoms with Crippen molar-refractivity contribution in [2.45, 2.75) is 5.75 Å². The average Bonchev–Trinajstić information content (AvgIpc) is 2.27. The Balaban J connectivity index is 2.17. The van der Waals surface area contributed by atoms with Crippen LogP contribution in [0.25, 0.3) is 4.72 Å². The van der Waals surface area contributed by atoms with Crippen LogP contribution in [-0.4, -0.2) is 8.42 Å². The second-order valence-electron chi connectivity index (χ2n) is 3.93. The van der Waals surface area contributed by atoms with E-state index >= 15 is 0 Å². The third-order valence-corrected chi connectivity index (χ3v) is 3.91. The number of nitrogens with zero attached hydrogens (tertiary/aromatic N) is 1. The summed E-state index contributed by atoms with van der Waals surface area (Å²) in [7, 11) is -3.61. The molecule has 2 aromatic rings. The van der Waals surface area contributed by atoms with Crippen LogP contribution in [0.1, 0.15) is 5.56 Å². The molecule has 0 N–H and O–H groups in total. The van der Waals surface area contributed by atoms with Gasteiger partial charge in [0.2, 0.25) is 0 Å². The lowest BCUT2D eigenvalue weighted by Gasteiger charge is -2.22. The number of halogens is 2. The first-order chi connectivity index (χ1) is 8.94. The van der Waals surface area contributed by atoms with Gasteiger partial charge in [-0.25, -0.2) is 8.42 Å². The minimum atomic E-state index is -3.61. The Bertz CT molecular complexity index is 652. The van der Waals surface area contributed by atoms with Crippen molar-refractivity contribution in [2.24, 2.45) is 0 Å². The number of hydrogen-bond donors (Lipinski definition) is 0. The molecule has 0 aliphatic rings. The van der Waals surface area contributed by atoms with Crippen LogP contribution in [0.2, 0.25) is 10.0 Å². The van der Waals surface area contributed by atoms with Gasteiger partial charge in [-0.1, -0.05) is 65.7 Å². The van der Waals surface area contributed by atoms with Gasteiger partial charge in [0.05, 0.1) is 15.8 Å². The first-order valence-corrected chi connectivity index (χ1v) is 7.77. The fourth-order valence-electron chi connectivity index (χ4n) is 1.57. The van der Waals surface area contributed by atoms with Gasteiger partial charge >= 0.3 is 0 Å². The van der Waals surface area contributed by atoms with Crippen molar-refractivity contribution < 1.29 is 8.42 Å². The Kier molecular flexibility index (Phi) is 4.34. The summed E-state index contributed by atoms with van der Waals surface area (Å²) in [6.07, 6.45) is 0. The Labute approximate surface area is 122 Å². The third kappa shape index (κ3) is 4.42. The Hall–Kier alpha value is -1.23. The van der Waals surface area contributed by atoms with E-state index in [-0.39, 0.29) is 11.4 Å². The lowest BCUT2D eigenvalue weighted by Crippen LogP contribution is -2.01. The summed E-state index contributed by atoms with van der Waals surface area (Å²) in [5, 5.41) is 0.697. The van der Waals surface area contributed by atoms with Crippen LogP contribution in [0.5, 0.6) is 0 Å². The first kappa shape index (κ1) is 14.2. The predicted octanol–water partition coefficient (Wildman–Crippen LogP) is 4.53. The van der Waals surface area contributed by atoms with Gasteiger partial charge in [0.25, 0.3) is 0 Å². The summed E-state index contributed by atoms with van der Waals surface area (Å²) in [5.74, 6) is -0.155. The van der Waals surface area contributed by atoms with Gasteiger partial charge in [-0.2, -0.15) is 0 Å². The van der Waals surface area contributed by atoms with Crippen molar-refractivity contribution in [1.82, 2.24) is 0 Å². The van der Waals surface area contributed by atoms with Crippen molar-refractivity contribution in [1.29, 1.82) is 0 Å². The second-order valence-corrected chi connectivity index (χ2v) is 6.44. The quantitative estimate of drug-likeness (QED) is 0.832. The summed E-state index contributed by atoms with van der Waals surface area (Å²) >= 11 is 11.6. The van der Waals surface area contributed by atoms with Crippen molar-refractivity contribution in [3.05, 3.63) is 68.9 Å². The summed E-state index contributed by atoms with van der Waals surface area (Å²) < 4.78 is 27.6. The van der Waals surface area contributed by atoms with Crippen LogP contribution in [0.3, 0.4) is 0 Å². The topological polar surface area (TPSA) is 48.2 Å². The zero-order valence-corrected chi connectivity index (χ0v) is 12.1. The van der Waals surface area contributed by atoms with E-state index in [0.29, 0.717) is 15.6 Å². The van der Waals surface area contributed by atoms with Crippen molar-refractivity contribution in [3.63, 3.8) is 0 Å². The second kappa shape index (κ2) is 5.82. The maximum absolute atomic E-state index is 11.9. The minimum absolute atomic E-state index is 0.155. The zero-order valence-electron chi connectivity index (χ0n) is 9.75. The maximum atomic E-state index is 11.9. The average molecular weight is 315 g/mol. The summed E-state index contributed by atoms with van der Waals surface area (Å²) in [6.45, 7) is 0. The van der Waals surface area contributed by atoms with E-state index in [2.05, 4.69) is 4.72 Å². The molecule has 0 bridgehead atoms.